The van der Waals surface area contributed by atoms with Crippen molar-refractivity contribution >= 4 is 21.8 Å². The second kappa shape index (κ2) is 3.15. The van der Waals surface area contributed by atoms with Crippen molar-refractivity contribution in [3.8, 4) is 0 Å². The van der Waals surface area contributed by atoms with E-state index in [1.54, 1.807) is 21.1 Å². The van der Waals surface area contributed by atoms with E-state index in [0.717, 1.165) is 3.63 Å². The summed E-state index contributed by atoms with van der Waals surface area (Å²) in [7, 11) is 0. The third-order valence-electron chi connectivity index (χ3n) is 1.87. The summed E-state index contributed by atoms with van der Waals surface area (Å²) in [4.78, 5) is 0. The van der Waals surface area contributed by atoms with Crippen molar-refractivity contribution in [2.45, 2.75) is 38.6 Å². The number of hydrogen-bond acceptors (Lipinski definition) is 0. The van der Waals surface area contributed by atoms with Gasteiger partial charge in [-0.3, -0.25) is 0 Å². The summed E-state index contributed by atoms with van der Waals surface area (Å²) in [6, 6.07) is 0. The van der Waals surface area contributed by atoms with Crippen molar-refractivity contribution < 1.29 is 0 Å². The van der Waals surface area contributed by atoms with Gasteiger partial charge in [-0.25, -0.2) is 0 Å². The van der Waals surface area contributed by atoms with E-state index in [9.17, 15) is 0 Å². The summed E-state index contributed by atoms with van der Waals surface area (Å²) in [5.41, 5.74) is 0. The summed E-state index contributed by atoms with van der Waals surface area (Å²) in [6.45, 7) is 4.87. The van der Waals surface area contributed by atoms with Crippen molar-refractivity contribution in [1.82, 2.24) is 0 Å². The van der Waals surface area contributed by atoms with E-state index in [0.29, 0.717) is 0 Å². The van der Waals surface area contributed by atoms with Crippen molar-refractivity contribution in [2.24, 2.45) is 0 Å². The van der Waals surface area contributed by atoms with Gasteiger partial charge in [0.25, 0.3) is 0 Å². The molecule has 0 bridgehead atoms. The second-order valence-corrected chi connectivity index (χ2v) is 14.9. The first-order valence-corrected chi connectivity index (χ1v) is 10.5. The average molecular weight is 308 g/mol. The fourth-order valence-corrected chi connectivity index (χ4v) is 11.0. The van der Waals surface area contributed by atoms with E-state index < -0.39 is 21.8 Å². The Kier molecular flexibility index (Phi) is 2.76. The maximum absolute atomic E-state index is 2.43. The first-order chi connectivity index (χ1) is 3.80. The van der Waals surface area contributed by atoms with Gasteiger partial charge < -0.3 is 0 Å². The molecule has 48 valence electrons. The van der Waals surface area contributed by atoms with Crippen molar-refractivity contribution in [3.63, 3.8) is 0 Å². The summed E-state index contributed by atoms with van der Waals surface area (Å²) in [5.74, 6) is 0. The molecule has 0 amide bonds. The van der Waals surface area contributed by atoms with E-state index in [2.05, 4.69) is 13.8 Å². The molecule has 1 fully saturated rings. The van der Waals surface area contributed by atoms with Crippen molar-refractivity contribution in [2.75, 3.05) is 0 Å². The Labute approximate surface area is 60.3 Å². The van der Waals surface area contributed by atoms with Gasteiger partial charge in [0.05, 0.1) is 0 Å². The van der Waals surface area contributed by atoms with E-state index in [4.69, 9.17) is 0 Å². The molecule has 1 aliphatic rings. The van der Waals surface area contributed by atoms with Crippen LogP contribution in [0.15, 0.2) is 0 Å². The summed E-state index contributed by atoms with van der Waals surface area (Å²) in [6.07, 6.45) is 3.16. The Morgan fingerprint density at radius 3 is 1.88 bits per heavy atom. The molecule has 0 aromatic heterocycles. The third kappa shape index (κ3) is 1.69. The summed E-state index contributed by atoms with van der Waals surface area (Å²) in [5, 5.41) is 0. The molecule has 0 spiro atoms. The van der Waals surface area contributed by atoms with Crippen LogP contribution in [-0.4, -0.2) is 21.8 Å². The first kappa shape index (κ1) is 7.00. The number of rotatable bonds is 1. The monoisotopic (exact) mass is 308 g/mol. The zero-order valence-corrected chi connectivity index (χ0v) is 9.33. The minimum atomic E-state index is -0.723. The molecule has 0 unspecified atom stereocenters. The van der Waals surface area contributed by atoms with Crippen LogP contribution in [0.5, 0.6) is 0 Å². The zero-order valence-electron chi connectivity index (χ0n) is 5.85. The molecule has 0 aromatic carbocycles. The molecular formula is C7H15Bi. The standard InChI is InChI=1S/C4H8.C3H7.Bi/c1-3-4-2;1-3-2;/h1-4H2;3H,1-2H3;. The molecule has 0 radical (unpaired) electrons. The van der Waals surface area contributed by atoms with Gasteiger partial charge in [0, 0.05) is 0 Å². The van der Waals surface area contributed by atoms with E-state index in [1.807, 2.05) is 0 Å². The fourth-order valence-electron chi connectivity index (χ4n) is 1.26. The summed E-state index contributed by atoms with van der Waals surface area (Å²) >= 11 is -0.723. The molecule has 0 nitrogen and oxygen atoms in total. The van der Waals surface area contributed by atoms with Crippen LogP contribution in [0.4, 0.5) is 0 Å². The molecule has 0 atom stereocenters. The molecule has 8 heavy (non-hydrogen) atoms. The SMILES string of the molecule is C[CH](C)[Bi]1[CH2]CC[CH2]1. The molecule has 1 heterocycles. The van der Waals surface area contributed by atoms with Crippen LogP contribution in [-0.2, 0) is 0 Å². The van der Waals surface area contributed by atoms with Crippen LogP contribution in [0, 0.1) is 0 Å². The predicted molar refractivity (Wildman–Crippen MR) is 39.7 cm³/mol. The molecule has 1 rings (SSSR count). The number of hydrogen-bond donors (Lipinski definition) is 0. The van der Waals surface area contributed by atoms with Crippen LogP contribution in [0.3, 0.4) is 0 Å². The molecular weight excluding hydrogens is 293 g/mol. The molecule has 0 aromatic rings. The molecule has 1 heteroatoms. The van der Waals surface area contributed by atoms with Gasteiger partial charge in [-0.15, -0.1) is 0 Å². The van der Waals surface area contributed by atoms with Crippen molar-refractivity contribution in [1.29, 1.82) is 0 Å². The maximum atomic E-state index is 2.43. The van der Waals surface area contributed by atoms with Crippen LogP contribution < -0.4 is 0 Å². The van der Waals surface area contributed by atoms with Gasteiger partial charge in [0.1, 0.15) is 0 Å². The Hall–Kier alpha value is 0.883. The summed E-state index contributed by atoms with van der Waals surface area (Å²) < 4.78 is 4.55. The van der Waals surface area contributed by atoms with E-state index in [1.165, 1.54) is 0 Å². The Morgan fingerprint density at radius 1 is 1.12 bits per heavy atom. The molecule has 0 saturated carbocycles. The molecule has 0 N–H and O–H groups in total. The van der Waals surface area contributed by atoms with Crippen LogP contribution in [0.2, 0.25) is 11.9 Å². The molecule has 0 aliphatic carbocycles. The van der Waals surface area contributed by atoms with Gasteiger partial charge in [-0.2, -0.15) is 0 Å². The van der Waals surface area contributed by atoms with Gasteiger partial charge in [0.2, 0.25) is 0 Å². The normalized spacial score (nSPS) is 22.9. The van der Waals surface area contributed by atoms with Crippen LogP contribution >= 0.6 is 0 Å². The average Bonchev–Trinajstić information content (AvgIpc) is 2.12. The van der Waals surface area contributed by atoms with Gasteiger partial charge in [-0.1, -0.05) is 0 Å². The van der Waals surface area contributed by atoms with Gasteiger partial charge in [0.15, 0.2) is 0 Å². The quantitative estimate of drug-likeness (QED) is 0.653. The molecule has 1 saturated heterocycles. The van der Waals surface area contributed by atoms with E-state index >= 15 is 0 Å². The minimum absolute atomic E-state index is 0.723. The Bertz CT molecular complexity index is 62.8. The van der Waals surface area contributed by atoms with Crippen molar-refractivity contribution in [3.05, 3.63) is 0 Å². The second-order valence-electron chi connectivity index (χ2n) is 2.84. The van der Waals surface area contributed by atoms with Crippen LogP contribution in [0.25, 0.3) is 0 Å². The molecule has 1 aliphatic heterocycles. The zero-order chi connectivity index (χ0) is 5.98. The topological polar surface area (TPSA) is 0 Å². The third-order valence-corrected chi connectivity index (χ3v) is 14.5. The van der Waals surface area contributed by atoms with Crippen LogP contribution in [0.1, 0.15) is 26.7 Å². The fraction of sp³-hybridized carbons (Fsp3) is 1.00. The Balaban J connectivity index is 2.24. The Morgan fingerprint density at radius 2 is 1.62 bits per heavy atom. The van der Waals surface area contributed by atoms with Gasteiger partial charge in [-0.05, 0) is 0 Å². The van der Waals surface area contributed by atoms with Gasteiger partial charge >= 0.3 is 60.3 Å². The van der Waals surface area contributed by atoms with E-state index in [-0.39, 0.29) is 0 Å². The predicted octanol–water partition coefficient (Wildman–Crippen LogP) is 2.69. The first-order valence-electron chi connectivity index (χ1n) is 3.55.